The number of Topliss-reactive ketones (excluding diaryl/α,β-unsaturated/α-hetero) is 1. The summed E-state index contributed by atoms with van der Waals surface area (Å²) in [5.74, 6) is -0.00185. The van der Waals surface area contributed by atoms with Crippen LogP contribution < -0.4 is 0 Å². The van der Waals surface area contributed by atoms with E-state index in [1.807, 2.05) is 12.1 Å². The Morgan fingerprint density at radius 3 is 3.08 bits per heavy atom. The van der Waals surface area contributed by atoms with Gasteiger partial charge in [0.1, 0.15) is 10.3 Å². The van der Waals surface area contributed by atoms with Crippen LogP contribution >= 0.6 is 11.3 Å². The third-order valence-corrected chi connectivity index (χ3v) is 2.55. The lowest BCUT2D eigenvalue weighted by molar-refractivity contribution is 0.101. The van der Waals surface area contributed by atoms with Crippen LogP contribution in [0.25, 0.3) is 10.3 Å². The van der Waals surface area contributed by atoms with Gasteiger partial charge in [0.15, 0.2) is 10.8 Å². The van der Waals surface area contributed by atoms with Gasteiger partial charge in [0.05, 0.1) is 0 Å². The predicted molar refractivity (Wildman–Crippen MR) is 47.4 cm³/mol. The van der Waals surface area contributed by atoms with Crippen molar-refractivity contribution in [2.75, 3.05) is 0 Å². The van der Waals surface area contributed by atoms with Gasteiger partial charge in [-0.1, -0.05) is 11.3 Å². The molecule has 0 aliphatic rings. The summed E-state index contributed by atoms with van der Waals surface area (Å²) >= 11 is 1.33. The van der Waals surface area contributed by atoms with E-state index in [4.69, 9.17) is 0 Å². The minimum Gasteiger partial charge on any atom is -0.292 e. The Morgan fingerprint density at radius 2 is 2.42 bits per heavy atom. The number of fused-ring (bicyclic) bond motifs is 1. The van der Waals surface area contributed by atoms with Crippen LogP contribution in [-0.4, -0.2) is 15.8 Å². The van der Waals surface area contributed by atoms with E-state index in [0.717, 1.165) is 10.3 Å². The molecular formula is C8H6N2OS. The Labute approximate surface area is 73.1 Å². The van der Waals surface area contributed by atoms with Crippen LogP contribution in [0.1, 0.15) is 16.7 Å². The highest BCUT2D eigenvalue weighted by Crippen LogP contribution is 2.18. The maximum Gasteiger partial charge on any atom is 0.188 e. The quantitative estimate of drug-likeness (QED) is 0.626. The standard InChI is InChI=1S/C8H6N2OS/c1-5(11)7-10-6-3-2-4-9-8(6)12-7/h2-4H,1H3. The molecule has 0 fully saturated rings. The minimum atomic E-state index is -0.00185. The van der Waals surface area contributed by atoms with E-state index in [-0.39, 0.29) is 5.78 Å². The van der Waals surface area contributed by atoms with Crippen molar-refractivity contribution in [1.82, 2.24) is 9.97 Å². The van der Waals surface area contributed by atoms with Crippen molar-refractivity contribution in [3.05, 3.63) is 23.3 Å². The molecular weight excluding hydrogens is 172 g/mol. The zero-order valence-electron chi connectivity index (χ0n) is 6.44. The predicted octanol–water partition coefficient (Wildman–Crippen LogP) is 1.89. The highest BCUT2D eigenvalue weighted by molar-refractivity contribution is 7.19. The maximum atomic E-state index is 10.9. The topological polar surface area (TPSA) is 42.9 Å². The molecule has 2 aromatic heterocycles. The number of carbonyl (C=O) groups is 1. The van der Waals surface area contributed by atoms with E-state index in [1.165, 1.54) is 18.3 Å². The summed E-state index contributed by atoms with van der Waals surface area (Å²) in [7, 11) is 0. The minimum absolute atomic E-state index is 0.00185. The van der Waals surface area contributed by atoms with Crippen molar-refractivity contribution in [1.29, 1.82) is 0 Å². The molecule has 0 saturated heterocycles. The molecule has 0 atom stereocenters. The third kappa shape index (κ3) is 1.10. The Bertz CT molecular complexity index is 402. The van der Waals surface area contributed by atoms with Crippen molar-refractivity contribution >= 4 is 27.5 Å². The third-order valence-electron chi connectivity index (χ3n) is 1.47. The largest absolute Gasteiger partial charge is 0.292 e. The van der Waals surface area contributed by atoms with Gasteiger partial charge < -0.3 is 0 Å². The van der Waals surface area contributed by atoms with E-state index in [2.05, 4.69) is 9.97 Å². The first-order valence-corrected chi connectivity index (χ1v) is 4.31. The second-order valence-corrected chi connectivity index (χ2v) is 3.38. The maximum absolute atomic E-state index is 10.9. The fraction of sp³-hybridized carbons (Fsp3) is 0.125. The molecule has 0 aromatic carbocycles. The molecule has 3 nitrogen and oxygen atoms in total. The van der Waals surface area contributed by atoms with Crippen molar-refractivity contribution in [2.45, 2.75) is 6.92 Å². The molecule has 0 radical (unpaired) electrons. The Morgan fingerprint density at radius 1 is 1.58 bits per heavy atom. The van der Waals surface area contributed by atoms with Crippen molar-refractivity contribution < 1.29 is 4.79 Å². The summed E-state index contributed by atoms with van der Waals surface area (Å²) in [6, 6.07) is 3.66. The summed E-state index contributed by atoms with van der Waals surface area (Å²) in [6.07, 6.45) is 1.70. The average Bonchev–Trinajstić information content (AvgIpc) is 2.46. The molecule has 4 heteroatoms. The number of ketones is 1. The van der Waals surface area contributed by atoms with Crippen molar-refractivity contribution in [3.63, 3.8) is 0 Å². The molecule has 0 amide bonds. The van der Waals surface area contributed by atoms with Gasteiger partial charge >= 0.3 is 0 Å². The first-order chi connectivity index (χ1) is 5.77. The molecule has 0 bridgehead atoms. The average molecular weight is 178 g/mol. The fourth-order valence-corrected chi connectivity index (χ4v) is 1.72. The summed E-state index contributed by atoms with van der Waals surface area (Å²) in [5.41, 5.74) is 0.799. The molecule has 0 aliphatic carbocycles. The van der Waals surface area contributed by atoms with Crippen LogP contribution in [0.4, 0.5) is 0 Å². The van der Waals surface area contributed by atoms with Gasteiger partial charge in [-0.15, -0.1) is 0 Å². The molecule has 0 spiro atoms. The van der Waals surface area contributed by atoms with Crippen LogP contribution in [0, 0.1) is 0 Å². The van der Waals surface area contributed by atoms with E-state index in [9.17, 15) is 4.79 Å². The molecule has 2 heterocycles. The smallest absolute Gasteiger partial charge is 0.188 e. The Hall–Kier alpha value is -1.29. The summed E-state index contributed by atoms with van der Waals surface area (Å²) in [4.78, 5) is 20.0. The fourth-order valence-electron chi connectivity index (χ4n) is 0.920. The molecule has 2 rings (SSSR count). The van der Waals surface area contributed by atoms with Gasteiger partial charge in [0.2, 0.25) is 0 Å². The van der Waals surface area contributed by atoms with Crippen LogP contribution in [0.2, 0.25) is 0 Å². The number of nitrogens with zero attached hydrogens (tertiary/aromatic N) is 2. The van der Waals surface area contributed by atoms with Crippen molar-refractivity contribution in [3.8, 4) is 0 Å². The van der Waals surface area contributed by atoms with E-state index in [1.54, 1.807) is 6.20 Å². The number of hydrogen-bond acceptors (Lipinski definition) is 4. The number of aromatic nitrogens is 2. The first-order valence-electron chi connectivity index (χ1n) is 3.50. The highest BCUT2D eigenvalue weighted by atomic mass is 32.1. The number of thiazole rings is 1. The molecule has 12 heavy (non-hydrogen) atoms. The lowest BCUT2D eigenvalue weighted by Gasteiger charge is -1.80. The molecule has 0 N–H and O–H groups in total. The Balaban J connectivity index is 2.70. The van der Waals surface area contributed by atoms with Gasteiger partial charge in [0.25, 0.3) is 0 Å². The normalized spacial score (nSPS) is 10.4. The van der Waals surface area contributed by atoms with Crippen LogP contribution in [0.3, 0.4) is 0 Å². The summed E-state index contributed by atoms with van der Waals surface area (Å²) in [6.45, 7) is 1.51. The Kier molecular flexibility index (Phi) is 1.62. The van der Waals surface area contributed by atoms with Crippen LogP contribution in [-0.2, 0) is 0 Å². The SMILES string of the molecule is CC(=O)c1nc2cccnc2s1. The second kappa shape index (κ2) is 2.64. The summed E-state index contributed by atoms with van der Waals surface area (Å²) in [5, 5.41) is 0.531. The van der Waals surface area contributed by atoms with Gasteiger partial charge in [-0.05, 0) is 12.1 Å². The number of rotatable bonds is 1. The van der Waals surface area contributed by atoms with Crippen LogP contribution in [0.5, 0.6) is 0 Å². The molecule has 2 aromatic rings. The molecule has 0 saturated carbocycles. The lowest BCUT2D eigenvalue weighted by atomic mass is 10.4. The highest BCUT2D eigenvalue weighted by Gasteiger charge is 2.06. The van der Waals surface area contributed by atoms with Gasteiger partial charge in [-0.2, -0.15) is 0 Å². The van der Waals surface area contributed by atoms with E-state index >= 15 is 0 Å². The molecule has 60 valence electrons. The zero-order chi connectivity index (χ0) is 8.55. The van der Waals surface area contributed by atoms with E-state index < -0.39 is 0 Å². The first kappa shape index (κ1) is 7.36. The summed E-state index contributed by atoms with van der Waals surface area (Å²) < 4.78 is 0. The van der Waals surface area contributed by atoms with E-state index in [0.29, 0.717) is 5.01 Å². The zero-order valence-corrected chi connectivity index (χ0v) is 7.26. The lowest BCUT2D eigenvalue weighted by Crippen LogP contribution is -1.87. The second-order valence-electron chi connectivity index (χ2n) is 2.40. The number of carbonyl (C=O) groups excluding carboxylic acids is 1. The van der Waals surface area contributed by atoms with Gasteiger partial charge in [-0.25, -0.2) is 9.97 Å². The van der Waals surface area contributed by atoms with Crippen molar-refractivity contribution in [2.24, 2.45) is 0 Å². The van der Waals surface area contributed by atoms with Gasteiger partial charge in [-0.3, -0.25) is 4.79 Å². The van der Waals surface area contributed by atoms with Crippen LogP contribution in [0.15, 0.2) is 18.3 Å². The molecule has 0 aliphatic heterocycles. The monoisotopic (exact) mass is 178 g/mol. The molecule has 0 unspecified atom stereocenters. The van der Waals surface area contributed by atoms with Gasteiger partial charge in [0, 0.05) is 13.1 Å². The number of hydrogen-bond donors (Lipinski definition) is 0. The number of pyridine rings is 1.